The first-order chi connectivity index (χ1) is 10.6. The molecule has 0 aliphatic heterocycles. The molecule has 22 heavy (non-hydrogen) atoms. The molecule has 0 atom stereocenters. The number of carbonyl (C=O) groups is 1. The Morgan fingerprint density at radius 2 is 2.09 bits per heavy atom. The largest absolute Gasteiger partial charge is 0.462 e. The molecule has 1 aromatic rings. The third kappa shape index (κ3) is 6.47. The summed E-state index contributed by atoms with van der Waals surface area (Å²) < 4.78 is 6.76. The van der Waals surface area contributed by atoms with Gasteiger partial charge in [-0.25, -0.2) is 9.78 Å². The number of thioether (sulfide) groups is 1. The molecule has 0 aliphatic rings. The summed E-state index contributed by atoms with van der Waals surface area (Å²) in [6.45, 7) is 8.32. The number of aromatic nitrogens is 2. The van der Waals surface area contributed by atoms with E-state index in [1.54, 1.807) is 29.4 Å². The Balaban J connectivity index is 2.26. The fourth-order valence-electron chi connectivity index (χ4n) is 1.88. The zero-order valence-electron chi connectivity index (χ0n) is 13.3. The Kier molecular flexibility index (Phi) is 8.58. The fraction of sp³-hybridized carbons (Fsp3) is 0.562. The SMILES string of the molecule is C=C(C)C(=O)OCCCCCCn1c(SCC)nccc1=O. The van der Waals surface area contributed by atoms with Gasteiger partial charge < -0.3 is 4.74 Å². The molecule has 0 aliphatic carbocycles. The highest BCUT2D eigenvalue weighted by Gasteiger charge is 2.05. The molecule has 0 saturated carbocycles. The van der Waals surface area contributed by atoms with Crippen molar-refractivity contribution in [1.82, 2.24) is 9.55 Å². The Morgan fingerprint density at radius 3 is 2.77 bits per heavy atom. The number of carbonyl (C=O) groups excluding carboxylic acids is 1. The molecule has 0 bridgehead atoms. The first-order valence-corrected chi connectivity index (χ1v) is 8.56. The quantitative estimate of drug-likeness (QED) is 0.218. The highest BCUT2D eigenvalue weighted by Crippen LogP contribution is 2.13. The van der Waals surface area contributed by atoms with Crippen LogP contribution in [0, 0.1) is 0 Å². The molecule has 1 heterocycles. The molecule has 1 aromatic heterocycles. The van der Waals surface area contributed by atoms with Crippen LogP contribution in [0.5, 0.6) is 0 Å². The van der Waals surface area contributed by atoms with Crippen molar-refractivity contribution < 1.29 is 9.53 Å². The number of esters is 1. The summed E-state index contributed by atoms with van der Waals surface area (Å²) in [5.41, 5.74) is 0.429. The van der Waals surface area contributed by atoms with Gasteiger partial charge in [0, 0.05) is 24.4 Å². The van der Waals surface area contributed by atoms with Gasteiger partial charge in [-0.05, 0) is 31.9 Å². The van der Waals surface area contributed by atoms with Crippen molar-refractivity contribution in [3.05, 3.63) is 34.8 Å². The molecule has 6 heteroatoms. The maximum absolute atomic E-state index is 11.9. The molecule has 0 spiro atoms. The first kappa shape index (κ1) is 18.5. The second kappa shape index (κ2) is 10.2. The molecule has 0 radical (unpaired) electrons. The van der Waals surface area contributed by atoms with E-state index in [9.17, 15) is 9.59 Å². The first-order valence-electron chi connectivity index (χ1n) is 7.57. The van der Waals surface area contributed by atoms with Crippen molar-refractivity contribution in [2.45, 2.75) is 51.2 Å². The van der Waals surface area contributed by atoms with Gasteiger partial charge >= 0.3 is 5.97 Å². The zero-order valence-corrected chi connectivity index (χ0v) is 14.2. The van der Waals surface area contributed by atoms with Crippen molar-refractivity contribution in [2.75, 3.05) is 12.4 Å². The van der Waals surface area contributed by atoms with Crippen LogP contribution < -0.4 is 5.56 Å². The molecule has 0 amide bonds. The molecular weight excluding hydrogens is 300 g/mol. The van der Waals surface area contributed by atoms with Crippen LogP contribution in [-0.2, 0) is 16.1 Å². The van der Waals surface area contributed by atoms with E-state index in [4.69, 9.17) is 4.74 Å². The van der Waals surface area contributed by atoms with Gasteiger partial charge in [0.2, 0.25) is 0 Å². The Labute approximate surface area is 135 Å². The van der Waals surface area contributed by atoms with E-state index in [1.165, 1.54) is 6.07 Å². The molecule has 0 N–H and O–H groups in total. The van der Waals surface area contributed by atoms with Crippen LogP contribution in [0.4, 0.5) is 0 Å². The molecule has 0 aromatic carbocycles. The van der Waals surface area contributed by atoms with E-state index < -0.39 is 0 Å². The van der Waals surface area contributed by atoms with Gasteiger partial charge in [-0.15, -0.1) is 0 Å². The Hall–Kier alpha value is -1.56. The van der Waals surface area contributed by atoms with Crippen LogP contribution in [0.1, 0.15) is 39.5 Å². The van der Waals surface area contributed by atoms with Crippen LogP contribution >= 0.6 is 11.8 Å². The predicted octanol–water partition coefficient (Wildman–Crippen LogP) is 3.04. The second-order valence-corrected chi connectivity index (χ2v) is 6.21. The van der Waals surface area contributed by atoms with Gasteiger partial charge in [0.05, 0.1) is 6.61 Å². The standard InChI is InChI=1S/C16H24N2O3S/c1-4-22-16-17-10-9-14(19)18(16)11-7-5-6-8-12-21-15(20)13(2)3/h9-10H,2,4-8,11-12H2,1,3H3. The van der Waals surface area contributed by atoms with Gasteiger partial charge in [0.1, 0.15) is 0 Å². The normalized spacial score (nSPS) is 10.5. The lowest BCUT2D eigenvalue weighted by molar-refractivity contribution is -0.139. The van der Waals surface area contributed by atoms with E-state index in [1.807, 2.05) is 6.92 Å². The minimum absolute atomic E-state index is 0.00124. The van der Waals surface area contributed by atoms with E-state index in [0.717, 1.165) is 36.6 Å². The lowest BCUT2D eigenvalue weighted by Crippen LogP contribution is -2.21. The minimum Gasteiger partial charge on any atom is -0.462 e. The summed E-state index contributed by atoms with van der Waals surface area (Å²) in [7, 11) is 0. The van der Waals surface area contributed by atoms with Gasteiger partial charge in [-0.1, -0.05) is 31.7 Å². The number of ether oxygens (including phenoxy) is 1. The van der Waals surface area contributed by atoms with Crippen molar-refractivity contribution in [3.63, 3.8) is 0 Å². The zero-order chi connectivity index (χ0) is 16.4. The molecule has 0 fully saturated rings. The second-order valence-electron chi connectivity index (χ2n) is 4.98. The molecule has 0 saturated heterocycles. The highest BCUT2D eigenvalue weighted by atomic mass is 32.2. The van der Waals surface area contributed by atoms with Crippen molar-refractivity contribution in [1.29, 1.82) is 0 Å². The lowest BCUT2D eigenvalue weighted by atomic mass is 10.2. The summed E-state index contributed by atoms with van der Waals surface area (Å²) in [4.78, 5) is 27.3. The van der Waals surface area contributed by atoms with Crippen molar-refractivity contribution >= 4 is 17.7 Å². The van der Waals surface area contributed by atoms with Crippen molar-refractivity contribution in [3.8, 4) is 0 Å². The summed E-state index contributed by atoms with van der Waals surface area (Å²) in [5.74, 6) is 0.563. The summed E-state index contributed by atoms with van der Waals surface area (Å²) >= 11 is 1.58. The van der Waals surface area contributed by atoms with Crippen molar-refractivity contribution in [2.24, 2.45) is 0 Å². The van der Waals surface area contributed by atoms with Crippen LogP contribution in [0.15, 0.2) is 34.4 Å². The monoisotopic (exact) mass is 324 g/mol. The van der Waals surface area contributed by atoms with Crippen LogP contribution in [0.2, 0.25) is 0 Å². The molecule has 5 nitrogen and oxygen atoms in total. The maximum atomic E-state index is 11.9. The van der Waals surface area contributed by atoms with Gasteiger partial charge in [-0.3, -0.25) is 9.36 Å². The third-order valence-electron chi connectivity index (χ3n) is 3.03. The van der Waals surface area contributed by atoms with Crippen LogP contribution in [0.25, 0.3) is 0 Å². The molecule has 1 rings (SSSR count). The number of hydrogen-bond acceptors (Lipinski definition) is 5. The topological polar surface area (TPSA) is 61.2 Å². The minimum atomic E-state index is -0.330. The molecule has 0 unspecified atom stereocenters. The Morgan fingerprint density at radius 1 is 1.36 bits per heavy atom. The lowest BCUT2D eigenvalue weighted by Gasteiger charge is -2.10. The fourth-order valence-corrected chi connectivity index (χ4v) is 2.61. The summed E-state index contributed by atoms with van der Waals surface area (Å²) in [6, 6.07) is 1.50. The molecule has 122 valence electrons. The van der Waals surface area contributed by atoms with Crippen LogP contribution in [0.3, 0.4) is 0 Å². The predicted molar refractivity (Wildman–Crippen MR) is 89.1 cm³/mol. The average molecular weight is 324 g/mol. The van der Waals surface area contributed by atoms with Gasteiger partial charge in [0.25, 0.3) is 5.56 Å². The number of hydrogen-bond donors (Lipinski definition) is 0. The maximum Gasteiger partial charge on any atom is 0.333 e. The van der Waals surface area contributed by atoms with E-state index in [2.05, 4.69) is 11.6 Å². The highest BCUT2D eigenvalue weighted by molar-refractivity contribution is 7.99. The van der Waals surface area contributed by atoms with E-state index in [0.29, 0.717) is 18.7 Å². The van der Waals surface area contributed by atoms with Crippen LogP contribution in [-0.4, -0.2) is 27.9 Å². The van der Waals surface area contributed by atoms with Gasteiger partial charge in [-0.2, -0.15) is 0 Å². The molecular formula is C16H24N2O3S. The third-order valence-corrected chi connectivity index (χ3v) is 3.90. The van der Waals surface area contributed by atoms with Gasteiger partial charge in [0.15, 0.2) is 5.16 Å². The summed E-state index contributed by atoms with van der Waals surface area (Å²) in [6.07, 6.45) is 5.26. The smallest absolute Gasteiger partial charge is 0.333 e. The van der Waals surface area contributed by atoms with E-state index in [-0.39, 0.29) is 11.5 Å². The average Bonchev–Trinajstić information content (AvgIpc) is 2.48. The number of rotatable bonds is 10. The number of nitrogens with zero attached hydrogens (tertiary/aromatic N) is 2. The number of unbranched alkanes of at least 4 members (excludes halogenated alkanes) is 3. The summed E-state index contributed by atoms with van der Waals surface area (Å²) in [5, 5.41) is 0.783. The Bertz CT molecular complexity index is 555. The van der Waals surface area contributed by atoms with E-state index >= 15 is 0 Å².